The van der Waals surface area contributed by atoms with Crippen molar-refractivity contribution in [3.8, 4) is 0 Å². The normalized spacial score (nSPS) is 11.0. The van der Waals surface area contributed by atoms with Crippen LogP contribution in [0.25, 0.3) is 0 Å². The summed E-state index contributed by atoms with van der Waals surface area (Å²) in [5.41, 5.74) is 1.42. The summed E-state index contributed by atoms with van der Waals surface area (Å²) in [5, 5.41) is 1.52. The van der Waals surface area contributed by atoms with Crippen LogP contribution in [0.4, 0.5) is 0 Å². The predicted octanol–water partition coefficient (Wildman–Crippen LogP) is -0.0765. The smallest absolute Gasteiger partial charge is 0.124 e. The molecule has 10 heavy (non-hydrogen) atoms. The molecule has 0 atom stereocenters. The van der Waals surface area contributed by atoms with Crippen LogP contribution in [0.15, 0.2) is 24.3 Å². The van der Waals surface area contributed by atoms with Gasteiger partial charge in [-0.2, -0.15) is 0 Å². The van der Waals surface area contributed by atoms with Crippen LogP contribution in [0.5, 0.6) is 0 Å². The van der Waals surface area contributed by atoms with Crippen molar-refractivity contribution < 1.29 is 0 Å². The highest BCUT2D eigenvalue weighted by molar-refractivity contribution is 6.51. The highest BCUT2D eigenvalue weighted by atomic mass is 28.2. The SMILES string of the molecule is CN[SiH2]c1ccccc1C. The van der Waals surface area contributed by atoms with E-state index in [1.807, 2.05) is 7.05 Å². The molecule has 0 amide bonds. The van der Waals surface area contributed by atoms with Gasteiger partial charge in [0.15, 0.2) is 0 Å². The number of hydrogen-bond acceptors (Lipinski definition) is 1. The molecular weight excluding hydrogens is 138 g/mol. The predicted molar refractivity (Wildman–Crippen MR) is 48.4 cm³/mol. The molecule has 0 unspecified atom stereocenters. The molecule has 0 spiro atoms. The molecule has 1 nitrogen and oxygen atoms in total. The molecule has 54 valence electrons. The Balaban J connectivity index is 2.81. The van der Waals surface area contributed by atoms with Crippen molar-refractivity contribution in [2.75, 3.05) is 7.05 Å². The fraction of sp³-hybridized carbons (Fsp3) is 0.250. The maximum atomic E-state index is 3.26. The fourth-order valence-electron chi connectivity index (χ4n) is 0.999. The summed E-state index contributed by atoms with van der Waals surface area (Å²) in [7, 11) is 1.85. The van der Waals surface area contributed by atoms with E-state index in [0.29, 0.717) is 0 Å². The van der Waals surface area contributed by atoms with Crippen molar-refractivity contribution in [3.63, 3.8) is 0 Å². The summed E-state index contributed by atoms with van der Waals surface area (Å²) in [6.07, 6.45) is 0. The second-order valence-corrected chi connectivity index (χ2v) is 4.28. The first kappa shape index (κ1) is 7.50. The summed E-state index contributed by atoms with van der Waals surface area (Å²) in [5.74, 6) is 0. The van der Waals surface area contributed by atoms with E-state index in [1.54, 1.807) is 0 Å². The van der Waals surface area contributed by atoms with Gasteiger partial charge in [-0.15, -0.1) is 0 Å². The van der Waals surface area contributed by atoms with E-state index in [9.17, 15) is 0 Å². The molecule has 0 heterocycles. The number of benzene rings is 1. The summed E-state index contributed by atoms with van der Waals surface area (Å²) in [6.45, 7) is 2.17. The first-order valence-corrected chi connectivity index (χ1v) is 4.95. The lowest BCUT2D eigenvalue weighted by molar-refractivity contribution is 1.25. The van der Waals surface area contributed by atoms with Crippen molar-refractivity contribution in [1.82, 2.24) is 4.98 Å². The zero-order valence-corrected chi connectivity index (χ0v) is 7.93. The van der Waals surface area contributed by atoms with Crippen LogP contribution >= 0.6 is 0 Å². The molecule has 1 aromatic rings. The lowest BCUT2D eigenvalue weighted by Crippen LogP contribution is -2.28. The molecule has 1 aromatic carbocycles. The number of rotatable bonds is 2. The fourth-order valence-corrected chi connectivity index (χ4v) is 2.03. The van der Waals surface area contributed by atoms with Crippen LogP contribution in [-0.2, 0) is 0 Å². The van der Waals surface area contributed by atoms with E-state index in [4.69, 9.17) is 0 Å². The quantitative estimate of drug-likeness (QED) is 0.583. The molecule has 0 aliphatic heterocycles. The van der Waals surface area contributed by atoms with Crippen LogP contribution in [0, 0.1) is 6.92 Å². The molecule has 0 aliphatic carbocycles. The first-order valence-electron chi connectivity index (χ1n) is 3.53. The van der Waals surface area contributed by atoms with Crippen molar-refractivity contribution in [2.24, 2.45) is 0 Å². The van der Waals surface area contributed by atoms with Gasteiger partial charge in [0.25, 0.3) is 0 Å². The number of nitrogens with one attached hydrogen (secondary N) is 1. The van der Waals surface area contributed by atoms with Crippen LogP contribution in [0.2, 0.25) is 0 Å². The highest BCUT2D eigenvalue weighted by Crippen LogP contribution is 1.90. The molecule has 0 bridgehead atoms. The molecule has 0 saturated carbocycles. The Morgan fingerprint density at radius 2 is 2.00 bits per heavy atom. The second kappa shape index (κ2) is 3.54. The van der Waals surface area contributed by atoms with Crippen LogP contribution < -0.4 is 10.2 Å². The van der Waals surface area contributed by atoms with E-state index < -0.39 is 0 Å². The topological polar surface area (TPSA) is 12.0 Å². The van der Waals surface area contributed by atoms with Gasteiger partial charge in [-0.05, 0) is 19.2 Å². The lowest BCUT2D eigenvalue weighted by atomic mass is 10.2. The molecule has 0 aliphatic rings. The largest absolute Gasteiger partial charge is 0.341 e. The Morgan fingerprint density at radius 3 is 2.60 bits per heavy atom. The molecule has 0 fully saturated rings. The summed E-state index contributed by atoms with van der Waals surface area (Å²) in [6, 6.07) is 8.56. The van der Waals surface area contributed by atoms with Crippen molar-refractivity contribution in [1.29, 1.82) is 0 Å². The van der Waals surface area contributed by atoms with E-state index in [1.165, 1.54) is 10.8 Å². The average molecular weight is 151 g/mol. The van der Waals surface area contributed by atoms with Gasteiger partial charge in [0, 0.05) is 0 Å². The molecule has 0 aromatic heterocycles. The van der Waals surface area contributed by atoms with Gasteiger partial charge in [0.05, 0.1) is 0 Å². The summed E-state index contributed by atoms with van der Waals surface area (Å²) < 4.78 is 0. The Morgan fingerprint density at radius 1 is 1.30 bits per heavy atom. The van der Waals surface area contributed by atoms with Crippen molar-refractivity contribution in [2.45, 2.75) is 6.92 Å². The Bertz CT molecular complexity index is 210. The van der Waals surface area contributed by atoms with Crippen LogP contribution in [0.3, 0.4) is 0 Å². The number of aryl methyl sites for hydroxylation is 1. The minimum absolute atomic E-state index is 0.180. The van der Waals surface area contributed by atoms with Gasteiger partial charge in [-0.1, -0.05) is 29.8 Å². The maximum Gasteiger partial charge on any atom is 0.124 e. The highest BCUT2D eigenvalue weighted by Gasteiger charge is 1.92. The van der Waals surface area contributed by atoms with E-state index >= 15 is 0 Å². The second-order valence-electron chi connectivity index (χ2n) is 2.46. The van der Waals surface area contributed by atoms with Crippen molar-refractivity contribution in [3.05, 3.63) is 29.8 Å². The first-order chi connectivity index (χ1) is 4.84. The van der Waals surface area contributed by atoms with E-state index in [2.05, 4.69) is 36.2 Å². The minimum Gasteiger partial charge on any atom is -0.341 e. The third kappa shape index (κ3) is 1.69. The van der Waals surface area contributed by atoms with Gasteiger partial charge in [-0.3, -0.25) is 0 Å². The van der Waals surface area contributed by atoms with Crippen molar-refractivity contribution >= 4 is 14.9 Å². The zero-order valence-electron chi connectivity index (χ0n) is 6.52. The van der Waals surface area contributed by atoms with E-state index in [-0.39, 0.29) is 9.68 Å². The monoisotopic (exact) mass is 151 g/mol. The molecule has 0 saturated heterocycles. The van der Waals surface area contributed by atoms with E-state index in [0.717, 1.165) is 0 Å². The van der Waals surface area contributed by atoms with Gasteiger partial charge in [0.1, 0.15) is 9.68 Å². The lowest BCUT2D eigenvalue weighted by Gasteiger charge is -2.01. The third-order valence-electron chi connectivity index (χ3n) is 1.63. The third-order valence-corrected chi connectivity index (χ3v) is 3.16. The zero-order chi connectivity index (χ0) is 7.40. The summed E-state index contributed by atoms with van der Waals surface area (Å²) >= 11 is 0. The maximum absolute atomic E-state index is 3.26. The molecule has 2 heteroatoms. The average Bonchev–Trinajstić information content (AvgIpc) is 1.94. The van der Waals surface area contributed by atoms with Gasteiger partial charge in [-0.25, -0.2) is 0 Å². The standard InChI is InChI=1S/C8H13NSi/c1-7-5-3-4-6-8(7)10-9-2/h3-6,9H,10H2,1-2H3. The summed E-state index contributed by atoms with van der Waals surface area (Å²) in [4.78, 5) is 3.26. The van der Waals surface area contributed by atoms with Crippen LogP contribution in [0.1, 0.15) is 5.56 Å². The van der Waals surface area contributed by atoms with Gasteiger partial charge in [0.2, 0.25) is 0 Å². The Kier molecular flexibility index (Phi) is 2.65. The molecule has 1 N–H and O–H groups in total. The van der Waals surface area contributed by atoms with Crippen LogP contribution in [-0.4, -0.2) is 16.7 Å². The molecule has 1 rings (SSSR count). The molecular formula is C8H13NSi. The Hall–Kier alpha value is -0.603. The Labute approximate surface area is 64.4 Å². The van der Waals surface area contributed by atoms with Gasteiger partial charge < -0.3 is 4.98 Å². The molecule has 0 radical (unpaired) electrons. The number of hydrogen-bond donors (Lipinski definition) is 1. The van der Waals surface area contributed by atoms with Gasteiger partial charge >= 0.3 is 0 Å². The minimum atomic E-state index is -0.180.